The number of nitrogens with zero attached hydrogens (tertiary/aromatic N) is 2. The number of carbonyl (C=O) groups excluding carboxylic acids is 3. The van der Waals surface area contributed by atoms with Crippen LogP contribution in [0.2, 0.25) is 0 Å². The number of carbonyl (C=O) groups is 3. The van der Waals surface area contributed by atoms with Crippen molar-refractivity contribution in [3.8, 4) is 0 Å². The quantitative estimate of drug-likeness (QED) is 0.524. The molecule has 3 atom stereocenters. The molecule has 4 rings (SSSR count). The molecule has 1 aliphatic heterocycles. The first kappa shape index (κ1) is 23.5. The monoisotopic (exact) mass is 452 g/mol. The molecule has 1 aromatic carbocycles. The van der Waals surface area contributed by atoms with E-state index in [4.69, 9.17) is 4.74 Å². The molecule has 6 nitrogen and oxygen atoms in total. The molecule has 2 aromatic rings. The van der Waals surface area contributed by atoms with E-state index in [9.17, 15) is 14.4 Å². The van der Waals surface area contributed by atoms with Crippen LogP contribution < -0.4 is 0 Å². The summed E-state index contributed by atoms with van der Waals surface area (Å²) in [7, 11) is 0. The van der Waals surface area contributed by atoms with Crippen molar-refractivity contribution in [1.82, 2.24) is 9.47 Å². The molecule has 1 aromatic heterocycles. The van der Waals surface area contributed by atoms with E-state index in [-0.39, 0.29) is 35.7 Å². The summed E-state index contributed by atoms with van der Waals surface area (Å²) in [5, 5.41) is 1.18. The molecule has 1 amide bonds. The maximum atomic E-state index is 13.2. The molecule has 1 aliphatic carbocycles. The summed E-state index contributed by atoms with van der Waals surface area (Å²) in [6.07, 6.45) is 7.53. The number of benzene rings is 1. The normalized spacial score (nSPS) is 21.7. The van der Waals surface area contributed by atoms with Crippen LogP contribution in [0, 0.1) is 5.92 Å². The molecule has 1 unspecified atom stereocenters. The molecular weight excluding hydrogens is 416 g/mol. The van der Waals surface area contributed by atoms with E-state index in [1.807, 2.05) is 48.6 Å². The highest BCUT2D eigenvalue weighted by Gasteiger charge is 2.43. The first-order valence-electron chi connectivity index (χ1n) is 12.6. The maximum Gasteiger partial charge on any atom is 0.305 e. The van der Waals surface area contributed by atoms with Gasteiger partial charge in [0.05, 0.1) is 12.1 Å². The van der Waals surface area contributed by atoms with Crippen molar-refractivity contribution in [3.05, 3.63) is 35.5 Å². The summed E-state index contributed by atoms with van der Waals surface area (Å²) >= 11 is 0. The fourth-order valence-electron chi connectivity index (χ4n) is 5.69. The van der Waals surface area contributed by atoms with Crippen LogP contribution in [-0.4, -0.2) is 46.4 Å². The average Bonchev–Trinajstić information content (AvgIpc) is 3.18. The Balaban J connectivity index is 1.69. The standard InChI is InChI=1S/C27H36N2O4/c1-4-8-24(30)28-15-18(17-33-26(32)10-6-3)13-21-20-11-7-12-22-27(20)19(14-23(21)28)16-29(22)25(31)9-5-2/h7,11-12,16,18,21,23H,4-6,8-10,13-15,17H2,1-3H3/t18-,21?,23-/m1/s1. The second-order valence-corrected chi connectivity index (χ2v) is 9.62. The third-order valence-electron chi connectivity index (χ3n) is 7.13. The Bertz CT molecular complexity index is 1040. The van der Waals surface area contributed by atoms with E-state index < -0.39 is 0 Å². The predicted molar refractivity (Wildman–Crippen MR) is 128 cm³/mol. The molecule has 0 saturated carbocycles. The molecular formula is C27H36N2O4. The van der Waals surface area contributed by atoms with Crippen molar-refractivity contribution < 1.29 is 19.1 Å². The van der Waals surface area contributed by atoms with Crippen LogP contribution in [0.1, 0.15) is 87.6 Å². The summed E-state index contributed by atoms with van der Waals surface area (Å²) in [5.74, 6) is 0.437. The number of ether oxygens (including phenoxy) is 1. The van der Waals surface area contributed by atoms with Gasteiger partial charge in [0, 0.05) is 55.3 Å². The Labute approximate surface area is 196 Å². The summed E-state index contributed by atoms with van der Waals surface area (Å²) in [6, 6.07) is 6.30. The Kier molecular flexibility index (Phi) is 7.20. The summed E-state index contributed by atoms with van der Waals surface area (Å²) in [5.41, 5.74) is 3.36. The number of aromatic nitrogens is 1. The number of hydrogen-bond acceptors (Lipinski definition) is 4. The minimum atomic E-state index is -0.161. The fourth-order valence-corrected chi connectivity index (χ4v) is 5.69. The fraction of sp³-hybridized carbons (Fsp3) is 0.593. The van der Waals surface area contributed by atoms with Crippen molar-refractivity contribution in [3.63, 3.8) is 0 Å². The highest BCUT2D eigenvalue weighted by atomic mass is 16.5. The van der Waals surface area contributed by atoms with E-state index in [1.165, 1.54) is 10.9 Å². The molecule has 6 heteroatoms. The number of hydrogen-bond donors (Lipinski definition) is 0. The van der Waals surface area contributed by atoms with Gasteiger partial charge >= 0.3 is 5.97 Å². The minimum absolute atomic E-state index is 0.0851. The zero-order valence-electron chi connectivity index (χ0n) is 20.1. The summed E-state index contributed by atoms with van der Waals surface area (Å²) < 4.78 is 7.39. The molecule has 0 spiro atoms. The third kappa shape index (κ3) is 4.57. The zero-order chi connectivity index (χ0) is 23.5. The van der Waals surface area contributed by atoms with Crippen LogP contribution in [-0.2, 0) is 20.7 Å². The minimum Gasteiger partial charge on any atom is -0.465 e. The Hall–Kier alpha value is -2.63. The van der Waals surface area contributed by atoms with Gasteiger partial charge in [-0.25, -0.2) is 0 Å². The van der Waals surface area contributed by atoms with Gasteiger partial charge < -0.3 is 9.64 Å². The molecule has 1 fully saturated rings. The Morgan fingerprint density at radius 1 is 1.00 bits per heavy atom. The first-order chi connectivity index (χ1) is 16.0. The third-order valence-corrected chi connectivity index (χ3v) is 7.13. The topological polar surface area (TPSA) is 68.6 Å². The molecule has 2 aliphatic rings. The van der Waals surface area contributed by atoms with Crippen LogP contribution in [0.25, 0.3) is 10.9 Å². The van der Waals surface area contributed by atoms with Gasteiger partial charge in [0.15, 0.2) is 0 Å². The van der Waals surface area contributed by atoms with E-state index in [2.05, 4.69) is 6.07 Å². The van der Waals surface area contributed by atoms with Crippen molar-refractivity contribution >= 4 is 28.7 Å². The van der Waals surface area contributed by atoms with Gasteiger partial charge in [-0.1, -0.05) is 32.9 Å². The van der Waals surface area contributed by atoms with E-state index in [1.54, 1.807) is 0 Å². The van der Waals surface area contributed by atoms with E-state index in [0.717, 1.165) is 43.2 Å². The number of piperidine rings is 1. The van der Waals surface area contributed by atoms with Gasteiger partial charge in [-0.15, -0.1) is 0 Å². The predicted octanol–water partition coefficient (Wildman–Crippen LogP) is 5.08. The number of amides is 1. The zero-order valence-corrected chi connectivity index (χ0v) is 20.1. The number of esters is 1. The van der Waals surface area contributed by atoms with Gasteiger partial charge in [0.1, 0.15) is 0 Å². The Morgan fingerprint density at radius 3 is 2.45 bits per heavy atom. The SMILES string of the molecule is CCCC(=O)OC[C@@H]1CC2c3cccc4c3c(cn4C(=O)CCC)C[C@H]2N(C(=O)CCC)C1. The highest BCUT2D eigenvalue weighted by molar-refractivity contribution is 5.97. The number of likely N-dealkylation sites (tertiary alicyclic amines) is 1. The van der Waals surface area contributed by atoms with Crippen LogP contribution in [0.15, 0.2) is 24.4 Å². The van der Waals surface area contributed by atoms with Crippen molar-refractivity contribution in [1.29, 1.82) is 0 Å². The largest absolute Gasteiger partial charge is 0.465 e. The van der Waals surface area contributed by atoms with E-state index >= 15 is 0 Å². The molecule has 33 heavy (non-hydrogen) atoms. The average molecular weight is 453 g/mol. The van der Waals surface area contributed by atoms with Gasteiger partial charge in [-0.05, 0) is 49.3 Å². The van der Waals surface area contributed by atoms with Crippen molar-refractivity contribution in [2.75, 3.05) is 13.2 Å². The molecule has 2 heterocycles. The van der Waals surface area contributed by atoms with Gasteiger partial charge in [-0.3, -0.25) is 19.0 Å². The van der Waals surface area contributed by atoms with Gasteiger partial charge in [0.2, 0.25) is 11.8 Å². The lowest BCUT2D eigenvalue weighted by Crippen LogP contribution is -2.53. The lowest BCUT2D eigenvalue weighted by Gasteiger charge is -2.47. The number of fused-ring (bicyclic) bond motifs is 2. The molecule has 1 saturated heterocycles. The van der Waals surface area contributed by atoms with Crippen molar-refractivity contribution in [2.24, 2.45) is 5.92 Å². The van der Waals surface area contributed by atoms with E-state index in [0.29, 0.717) is 32.4 Å². The molecule has 0 bridgehead atoms. The lowest BCUT2D eigenvalue weighted by molar-refractivity contribution is -0.147. The van der Waals surface area contributed by atoms with Crippen LogP contribution in [0.5, 0.6) is 0 Å². The van der Waals surface area contributed by atoms with Gasteiger partial charge in [-0.2, -0.15) is 0 Å². The maximum absolute atomic E-state index is 13.2. The second kappa shape index (κ2) is 10.1. The smallest absolute Gasteiger partial charge is 0.305 e. The van der Waals surface area contributed by atoms with Crippen LogP contribution in [0.4, 0.5) is 0 Å². The first-order valence-corrected chi connectivity index (χ1v) is 12.6. The molecule has 0 N–H and O–H groups in total. The lowest BCUT2D eigenvalue weighted by atomic mass is 9.72. The van der Waals surface area contributed by atoms with Crippen LogP contribution >= 0.6 is 0 Å². The summed E-state index contributed by atoms with van der Waals surface area (Å²) in [4.78, 5) is 40.0. The number of rotatable bonds is 8. The molecule has 178 valence electrons. The van der Waals surface area contributed by atoms with Crippen LogP contribution in [0.3, 0.4) is 0 Å². The highest BCUT2D eigenvalue weighted by Crippen LogP contribution is 2.45. The van der Waals surface area contributed by atoms with Crippen molar-refractivity contribution in [2.45, 2.75) is 84.1 Å². The van der Waals surface area contributed by atoms with Gasteiger partial charge in [0.25, 0.3) is 0 Å². The molecule has 0 radical (unpaired) electrons. The second-order valence-electron chi connectivity index (χ2n) is 9.62. The Morgan fingerprint density at radius 2 is 1.73 bits per heavy atom. The summed E-state index contributed by atoms with van der Waals surface area (Å²) in [6.45, 7) is 7.00.